The first-order valence-electron chi connectivity index (χ1n) is 5.50. The van der Waals surface area contributed by atoms with Crippen LogP contribution in [-0.2, 0) is 6.42 Å². The number of benzene rings is 1. The van der Waals surface area contributed by atoms with Crippen molar-refractivity contribution in [1.82, 2.24) is 10.6 Å². The van der Waals surface area contributed by atoms with E-state index >= 15 is 0 Å². The molecule has 1 fully saturated rings. The fraction of sp³-hybridized carbons (Fsp3) is 0.500. The number of hydrogen-bond acceptors (Lipinski definition) is 2. The third kappa shape index (κ3) is 3.29. The molecule has 0 bridgehead atoms. The summed E-state index contributed by atoms with van der Waals surface area (Å²) in [4.78, 5) is 0. The molecule has 0 amide bonds. The van der Waals surface area contributed by atoms with E-state index in [1.54, 1.807) is 12.1 Å². The zero-order chi connectivity index (χ0) is 10.5. The predicted molar refractivity (Wildman–Crippen MR) is 59.3 cm³/mol. The Morgan fingerprint density at radius 1 is 1.40 bits per heavy atom. The Morgan fingerprint density at radius 2 is 2.27 bits per heavy atom. The Morgan fingerprint density at radius 3 is 2.93 bits per heavy atom. The highest BCUT2D eigenvalue weighted by molar-refractivity contribution is 5.16. The summed E-state index contributed by atoms with van der Waals surface area (Å²) in [6.45, 7) is 4.27. The van der Waals surface area contributed by atoms with E-state index in [-0.39, 0.29) is 5.82 Å². The van der Waals surface area contributed by atoms with E-state index in [0.29, 0.717) is 0 Å². The fourth-order valence-electron chi connectivity index (χ4n) is 1.72. The maximum atomic E-state index is 12.8. The summed E-state index contributed by atoms with van der Waals surface area (Å²) in [5.74, 6) is 0.646. The highest BCUT2D eigenvalue weighted by Crippen LogP contribution is 2.04. The number of nitrogens with one attached hydrogen (secondary N) is 2. The van der Waals surface area contributed by atoms with E-state index in [2.05, 4.69) is 10.6 Å². The maximum absolute atomic E-state index is 12.8. The minimum absolute atomic E-state index is 0.143. The molecule has 0 spiro atoms. The van der Waals surface area contributed by atoms with Crippen molar-refractivity contribution in [1.29, 1.82) is 0 Å². The van der Waals surface area contributed by atoms with Gasteiger partial charge in [-0.3, -0.25) is 0 Å². The summed E-state index contributed by atoms with van der Waals surface area (Å²) in [5.41, 5.74) is 1.06. The Balaban J connectivity index is 1.64. The Kier molecular flexibility index (Phi) is 3.69. The zero-order valence-electron chi connectivity index (χ0n) is 8.80. The lowest BCUT2D eigenvalue weighted by Gasteiger charge is -2.27. The minimum atomic E-state index is -0.143. The third-order valence-corrected chi connectivity index (χ3v) is 2.78. The van der Waals surface area contributed by atoms with Gasteiger partial charge in [0.05, 0.1) is 0 Å². The second-order valence-corrected chi connectivity index (χ2v) is 4.11. The second-order valence-electron chi connectivity index (χ2n) is 4.11. The molecular weight excluding hydrogens is 191 g/mol. The molecule has 1 aromatic carbocycles. The Hall–Kier alpha value is -0.930. The molecule has 2 N–H and O–H groups in total. The van der Waals surface area contributed by atoms with Gasteiger partial charge in [-0.15, -0.1) is 0 Å². The summed E-state index contributed by atoms with van der Waals surface area (Å²) in [7, 11) is 0. The summed E-state index contributed by atoms with van der Waals surface area (Å²) >= 11 is 0. The molecule has 0 aliphatic carbocycles. The van der Waals surface area contributed by atoms with Gasteiger partial charge in [-0.1, -0.05) is 12.1 Å². The van der Waals surface area contributed by atoms with Crippen LogP contribution in [0.2, 0.25) is 0 Å². The van der Waals surface area contributed by atoms with Crippen LogP contribution in [0.15, 0.2) is 24.3 Å². The summed E-state index contributed by atoms with van der Waals surface area (Å²) in [6, 6.07) is 6.82. The lowest BCUT2D eigenvalue weighted by atomic mass is 10.0. The van der Waals surface area contributed by atoms with Crippen molar-refractivity contribution in [3.63, 3.8) is 0 Å². The van der Waals surface area contributed by atoms with Crippen molar-refractivity contribution in [3.8, 4) is 0 Å². The van der Waals surface area contributed by atoms with Crippen LogP contribution in [0, 0.1) is 11.7 Å². The van der Waals surface area contributed by atoms with E-state index in [4.69, 9.17) is 0 Å². The highest BCUT2D eigenvalue weighted by Gasteiger charge is 2.15. The molecule has 0 atom stereocenters. The van der Waals surface area contributed by atoms with Crippen molar-refractivity contribution in [2.24, 2.45) is 5.92 Å². The molecule has 15 heavy (non-hydrogen) atoms. The van der Waals surface area contributed by atoms with Crippen LogP contribution >= 0.6 is 0 Å². The molecule has 2 rings (SSSR count). The Labute approximate surface area is 89.9 Å². The zero-order valence-corrected chi connectivity index (χ0v) is 8.80. The molecule has 1 saturated heterocycles. The molecule has 3 heteroatoms. The quantitative estimate of drug-likeness (QED) is 0.710. The van der Waals surface area contributed by atoms with Gasteiger partial charge in [-0.2, -0.15) is 0 Å². The number of halogens is 1. The van der Waals surface area contributed by atoms with Crippen LogP contribution < -0.4 is 10.6 Å². The molecule has 0 saturated carbocycles. The van der Waals surface area contributed by atoms with E-state index in [1.165, 1.54) is 6.07 Å². The van der Waals surface area contributed by atoms with Gasteiger partial charge < -0.3 is 10.6 Å². The smallest absolute Gasteiger partial charge is 0.123 e. The molecule has 1 aromatic rings. The van der Waals surface area contributed by atoms with Gasteiger partial charge in [-0.05, 0) is 36.6 Å². The molecule has 0 radical (unpaired) electrons. The van der Waals surface area contributed by atoms with Crippen molar-refractivity contribution in [3.05, 3.63) is 35.6 Å². The van der Waals surface area contributed by atoms with Gasteiger partial charge in [0.25, 0.3) is 0 Å². The molecule has 2 nitrogen and oxygen atoms in total. The Bertz CT molecular complexity index is 310. The van der Waals surface area contributed by atoms with Crippen LogP contribution in [0.3, 0.4) is 0 Å². The van der Waals surface area contributed by atoms with Crippen molar-refractivity contribution in [2.45, 2.75) is 6.42 Å². The van der Waals surface area contributed by atoms with Gasteiger partial charge in [-0.25, -0.2) is 4.39 Å². The molecule has 82 valence electrons. The van der Waals surface area contributed by atoms with Crippen molar-refractivity contribution in [2.75, 3.05) is 26.2 Å². The van der Waals surface area contributed by atoms with Crippen LogP contribution in [0.5, 0.6) is 0 Å². The second kappa shape index (κ2) is 5.24. The van der Waals surface area contributed by atoms with E-state index in [1.807, 2.05) is 6.07 Å². The standard InChI is InChI=1S/C12H17FN2/c13-12-3-1-2-10(6-12)4-5-14-7-11-8-15-9-11/h1-3,6,11,14-15H,4-5,7-9H2. The lowest BCUT2D eigenvalue weighted by molar-refractivity contribution is 0.333. The van der Waals surface area contributed by atoms with E-state index < -0.39 is 0 Å². The summed E-state index contributed by atoms with van der Waals surface area (Å²) < 4.78 is 12.8. The average molecular weight is 208 g/mol. The van der Waals surface area contributed by atoms with Gasteiger partial charge in [0.2, 0.25) is 0 Å². The average Bonchev–Trinajstić information content (AvgIpc) is 2.15. The third-order valence-electron chi connectivity index (χ3n) is 2.78. The molecule has 1 aliphatic rings. The highest BCUT2D eigenvalue weighted by atomic mass is 19.1. The van der Waals surface area contributed by atoms with Gasteiger partial charge in [0, 0.05) is 19.6 Å². The first-order chi connectivity index (χ1) is 7.34. The van der Waals surface area contributed by atoms with E-state index in [0.717, 1.165) is 44.1 Å². The van der Waals surface area contributed by atoms with Gasteiger partial charge in [0.1, 0.15) is 5.82 Å². The van der Waals surface area contributed by atoms with Crippen molar-refractivity contribution < 1.29 is 4.39 Å². The molecule has 0 aromatic heterocycles. The maximum Gasteiger partial charge on any atom is 0.123 e. The fourth-order valence-corrected chi connectivity index (χ4v) is 1.72. The predicted octanol–water partition coefficient (Wildman–Crippen LogP) is 1.18. The molecule has 0 unspecified atom stereocenters. The molecular formula is C12H17FN2. The first-order valence-corrected chi connectivity index (χ1v) is 5.50. The minimum Gasteiger partial charge on any atom is -0.316 e. The first kappa shape index (κ1) is 10.6. The largest absolute Gasteiger partial charge is 0.316 e. The van der Waals surface area contributed by atoms with Crippen LogP contribution in [0.1, 0.15) is 5.56 Å². The number of hydrogen-bond donors (Lipinski definition) is 2. The topological polar surface area (TPSA) is 24.1 Å². The molecule has 1 heterocycles. The van der Waals surface area contributed by atoms with Crippen LogP contribution in [0.25, 0.3) is 0 Å². The van der Waals surface area contributed by atoms with Gasteiger partial charge >= 0.3 is 0 Å². The summed E-state index contributed by atoms with van der Waals surface area (Å²) in [6.07, 6.45) is 0.901. The molecule has 1 aliphatic heterocycles. The van der Waals surface area contributed by atoms with Gasteiger partial charge in [0.15, 0.2) is 0 Å². The summed E-state index contributed by atoms with van der Waals surface area (Å²) in [5, 5.41) is 6.63. The SMILES string of the molecule is Fc1cccc(CCNCC2CNC2)c1. The normalized spacial score (nSPS) is 16.3. The number of rotatable bonds is 5. The van der Waals surface area contributed by atoms with Crippen LogP contribution in [-0.4, -0.2) is 26.2 Å². The monoisotopic (exact) mass is 208 g/mol. The van der Waals surface area contributed by atoms with E-state index in [9.17, 15) is 4.39 Å². The van der Waals surface area contributed by atoms with Crippen molar-refractivity contribution >= 4 is 0 Å². The van der Waals surface area contributed by atoms with Crippen LogP contribution in [0.4, 0.5) is 4.39 Å². The lowest BCUT2D eigenvalue weighted by Crippen LogP contribution is -2.47.